The second-order valence-corrected chi connectivity index (χ2v) is 5.04. The number of nitrogens with one attached hydrogen (secondary N) is 2. The smallest absolute Gasteiger partial charge is 0.0164 e. The first kappa shape index (κ1) is 14.9. The predicted octanol–water partition coefficient (Wildman–Crippen LogP) is 2.65. The molecule has 0 saturated carbocycles. The molecule has 0 rings (SSSR count). The van der Waals surface area contributed by atoms with Crippen LogP contribution in [0.5, 0.6) is 0 Å². The molecule has 0 aliphatic rings. The third-order valence-corrected chi connectivity index (χ3v) is 2.91. The Morgan fingerprint density at radius 3 is 1.93 bits per heavy atom. The Bertz CT molecular complexity index is 130. The predicted molar refractivity (Wildman–Crippen MR) is 69.2 cm³/mol. The van der Waals surface area contributed by atoms with Gasteiger partial charge in [0.1, 0.15) is 0 Å². The fraction of sp³-hybridized carbons (Fsp3) is 1.00. The largest absolute Gasteiger partial charge is 0.315 e. The molecule has 2 heteroatoms. The summed E-state index contributed by atoms with van der Waals surface area (Å²) in [5.41, 5.74) is 0. The van der Waals surface area contributed by atoms with E-state index in [1.807, 2.05) is 0 Å². The van der Waals surface area contributed by atoms with Crippen LogP contribution < -0.4 is 10.6 Å². The summed E-state index contributed by atoms with van der Waals surface area (Å²) >= 11 is 0. The quantitative estimate of drug-likeness (QED) is 0.616. The van der Waals surface area contributed by atoms with Gasteiger partial charge in [0.25, 0.3) is 0 Å². The van der Waals surface area contributed by atoms with E-state index in [9.17, 15) is 0 Å². The zero-order valence-electron chi connectivity index (χ0n) is 11.3. The highest BCUT2D eigenvalue weighted by Crippen LogP contribution is 2.05. The van der Waals surface area contributed by atoms with Gasteiger partial charge >= 0.3 is 0 Å². The van der Waals surface area contributed by atoms with Gasteiger partial charge in [-0.2, -0.15) is 0 Å². The van der Waals surface area contributed by atoms with Crippen molar-refractivity contribution in [3.63, 3.8) is 0 Å². The fourth-order valence-electron chi connectivity index (χ4n) is 1.61. The first-order chi connectivity index (χ1) is 7.10. The molecule has 0 bridgehead atoms. The maximum absolute atomic E-state index is 3.60. The summed E-state index contributed by atoms with van der Waals surface area (Å²) in [5.74, 6) is 1.59. The van der Waals surface area contributed by atoms with E-state index in [4.69, 9.17) is 0 Å². The SMILES string of the molecule is CCC(CC)CNC(C)CNCC(C)C. The van der Waals surface area contributed by atoms with Gasteiger partial charge in [0, 0.05) is 12.6 Å². The van der Waals surface area contributed by atoms with Crippen molar-refractivity contribution in [3.05, 3.63) is 0 Å². The first-order valence-electron chi connectivity index (χ1n) is 6.54. The van der Waals surface area contributed by atoms with E-state index >= 15 is 0 Å². The van der Waals surface area contributed by atoms with Crippen molar-refractivity contribution < 1.29 is 0 Å². The highest BCUT2D eigenvalue weighted by Gasteiger charge is 2.06. The van der Waals surface area contributed by atoms with Crippen molar-refractivity contribution in [1.82, 2.24) is 10.6 Å². The van der Waals surface area contributed by atoms with Crippen LogP contribution in [0.3, 0.4) is 0 Å². The van der Waals surface area contributed by atoms with E-state index in [0.717, 1.165) is 31.5 Å². The summed E-state index contributed by atoms with van der Waals surface area (Å²) < 4.78 is 0. The van der Waals surface area contributed by atoms with Gasteiger partial charge in [0.2, 0.25) is 0 Å². The summed E-state index contributed by atoms with van der Waals surface area (Å²) in [4.78, 5) is 0. The van der Waals surface area contributed by atoms with Crippen molar-refractivity contribution in [2.75, 3.05) is 19.6 Å². The molecule has 0 amide bonds. The van der Waals surface area contributed by atoms with Gasteiger partial charge in [-0.05, 0) is 31.8 Å². The Kier molecular flexibility index (Phi) is 9.12. The third-order valence-electron chi connectivity index (χ3n) is 2.91. The van der Waals surface area contributed by atoms with Crippen LogP contribution in [0.25, 0.3) is 0 Å². The molecule has 0 fully saturated rings. The second kappa shape index (κ2) is 9.17. The van der Waals surface area contributed by atoms with Crippen LogP contribution in [0, 0.1) is 11.8 Å². The number of hydrogen-bond acceptors (Lipinski definition) is 2. The lowest BCUT2D eigenvalue weighted by Gasteiger charge is -2.19. The molecule has 2 N–H and O–H groups in total. The number of hydrogen-bond donors (Lipinski definition) is 2. The summed E-state index contributed by atoms with van der Waals surface area (Å²) in [7, 11) is 0. The molecule has 2 nitrogen and oxygen atoms in total. The van der Waals surface area contributed by atoms with Crippen LogP contribution in [-0.4, -0.2) is 25.7 Å². The lowest BCUT2D eigenvalue weighted by atomic mass is 10.0. The zero-order chi connectivity index (χ0) is 11.7. The van der Waals surface area contributed by atoms with E-state index in [1.54, 1.807) is 0 Å². The molecule has 0 aliphatic heterocycles. The van der Waals surface area contributed by atoms with Crippen molar-refractivity contribution in [2.24, 2.45) is 11.8 Å². The third kappa shape index (κ3) is 8.88. The highest BCUT2D eigenvalue weighted by molar-refractivity contribution is 4.67. The molecular formula is C13H30N2. The van der Waals surface area contributed by atoms with Gasteiger partial charge in [0.05, 0.1) is 0 Å². The van der Waals surface area contributed by atoms with Gasteiger partial charge in [-0.15, -0.1) is 0 Å². The second-order valence-electron chi connectivity index (χ2n) is 5.04. The summed E-state index contributed by atoms with van der Waals surface area (Å²) in [6.45, 7) is 14.7. The van der Waals surface area contributed by atoms with Crippen molar-refractivity contribution in [2.45, 2.75) is 53.5 Å². The average Bonchev–Trinajstić information content (AvgIpc) is 2.18. The minimum absolute atomic E-state index is 0.587. The van der Waals surface area contributed by atoms with E-state index in [1.165, 1.54) is 12.8 Å². The lowest BCUT2D eigenvalue weighted by Crippen LogP contribution is -2.39. The lowest BCUT2D eigenvalue weighted by molar-refractivity contribution is 0.402. The van der Waals surface area contributed by atoms with Crippen molar-refractivity contribution in [1.29, 1.82) is 0 Å². The minimum atomic E-state index is 0.587. The zero-order valence-corrected chi connectivity index (χ0v) is 11.3. The maximum Gasteiger partial charge on any atom is 0.0164 e. The van der Waals surface area contributed by atoms with Crippen molar-refractivity contribution >= 4 is 0 Å². The standard InChI is InChI=1S/C13H30N2/c1-6-13(7-2)10-15-12(5)9-14-8-11(3)4/h11-15H,6-10H2,1-5H3. The monoisotopic (exact) mass is 214 g/mol. The topological polar surface area (TPSA) is 24.1 Å². The van der Waals surface area contributed by atoms with E-state index in [0.29, 0.717) is 6.04 Å². The Morgan fingerprint density at radius 2 is 1.47 bits per heavy atom. The van der Waals surface area contributed by atoms with Crippen LogP contribution >= 0.6 is 0 Å². The molecule has 0 aliphatic carbocycles. The van der Waals surface area contributed by atoms with Crippen molar-refractivity contribution in [3.8, 4) is 0 Å². The molecule has 15 heavy (non-hydrogen) atoms. The first-order valence-corrected chi connectivity index (χ1v) is 6.54. The average molecular weight is 214 g/mol. The van der Waals surface area contributed by atoms with E-state index < -0.39 is 0 Å². The Hall–Kier alpha value is -0.0800. The molecule has 1 unspecified atom stereocenters. The van der Waals surface area contributed by atoms with Crippen LogP contribution in [0.1, 0.15) is 47.5 Å². The van der Waals surface area contributed by atoms with Gasteiger partial charge in [-0.1, -0.05) is 40.5 Å². The normalized spacial score (nSPS) is 13.8. The van der Waals surface area contributed by atoms with E-state index in [-0.39, 0.29) is 0 Å². The van der Waals surface area contributed by atoms with Crippen LogP contribution in [0.15, 0.2) is 0 Å². The summed E-state index contributed by atoms with van der Waals surface area (Å²) in [5, 5.41) is 7.08. The molecule has 1 atom stereocenters. The van der Waals surface area contributed by atoms with Crippen LogP contribution in [-0.2, 0) is 0 Å². The Balaban J connectivity index is 3.43. The summed E-state index contributed by atoms with van der Waals surface area (Å²) in [6.07, 6.45) is 2.57. The van der Waals surface area contributed by atoms with Crippen LogP contribution in [0.2, 0.25) is 0 Å². The molecule has 0 heterocycles. The minimum Gasteiger partial charge on any atom is -0.315 e. The molecular weight excluding hydrogens is 184 g/mol. The van der Waals surface area contributed by atoms with Gasteiger partial charge in [-0.3, -0.25) is 0 Å². The molecule has 0 saturated heterocycles. The van der Waals surface area contributed by atoms with Gasteiger partial charge < -0.3 is 10.6 Å². The van der Waals surface area contributed by atoms with Gasteiger partial charge in [-0.25, -0.2) is 0 Å². The molecule has 0 aromatic heterocycles. The number of rotatable bonds is 9. The van der Waals surface area contributed by atoms with E-state index in [2.05, 4.69) is 45.3 Å². The highest BCUT2D eigenvalue weighted by atomic mass is 15.0. The fourth-order valence-corrected chi connectivity index (χ4v) is 1.61. The molecule has 0 spiro atoms. The Morgan fingerprint density at radius 1 is 0.867 bits per heavy atom. The molecule has 0 aromatic rings. The molecule has 92 valence electrons. The van der Waals surface area contributed by atoms with Crippen LogP contribution in [0.4, 0.5) is 0 Å². The molecule has 0 aromatic carbocycles. The maximum atomic E-state index is 3.60. The summed E-state index contributed by atoms with van der Waals surface area (Å²) in [6, 6.07) is 0.587. The Labute approximate surface area is 96.2 Å². The van der Waals surface area contributed by atoms with Gasteiger partial charge in [0.15, 0.2) is 0 Å². The molecule has 0 radical (unpaired) electrons.